The molecule has 0 saturated heterocycles. The minimum absolute atomic E-state index is 0.00243. The van der Waals surface area contributed by atoms with E-state index in [-0.39, 0.29) is 92.3 Å². The van der Waals surface area contributed by atoms with Gasteiger partial charge in [0.1, 0.15) is 0 Å². The third-order valence-electron chi connectivity index (χ3n) is 12.1. The molecular formula is C50H64Cl4N6O10S2. The Kier molecular flexibility index (Phi) is 22.9. The summed E-state index contributed by atoms with van der Waals surface area (Å²) in [6.45, 7) is 6.26. The van der Waals surface area contributed by atoms with E-state index in [0.717, 1.165) is 53.0 Å². The molecule has 0 fully saturated rings. The van der Waals surface area contributed by atoms with E-state index in [9.17, 15) is 26.4 Å². The van der Waals surface area contributed by atoms with E-state index in [1.807, 2.05) is 50.5 Å². The Morgan fingerprint density at radius 2 is 0.917 bits per heavy atom. The monoisotopic (exact) mass is 1110 g/mol. The number of carbonyl (C=O) groups is 2. The number of nitrogens with one attached hydrogen (secondary N) is 4. The van der Waals surface area contributed by atoms with Crippen molar-refractivity contribution in [3.63, 3.8) is 0 Å². The van der Waals surface area contributed by atoms with Crippen LogP contribution in [0.3, 0.4) is 0 Å². The van der Waals surface area contributed by atoms with Gasteiger partial charge in [-0.15, -0.1) is 0 Å². The number of amides is 2. The van der Waals surface area contributed by atoms with Crippen LogP contribution in [0.2, 0.25) is 20.1 Å². The van der Waals surface area contributed by atoms with Gasteiger partial charge in [-0.05, 0) is 109 Å². The molecule has 2 amide bonds. The van der Waals surface area contributed by atoms with Gasteiger partial charge in [0, 0.05) is 117 Å². The molecule has 2 unspecified atom stereocenters. The number of ether oxygens (including phenoxy) is 4. The number of likely N-dealkylation sites (N-methyl/N-ethyl adjacent to an activating group) is 2. The summed E-state index contributed by atoms with van der Waals surface area (Å²) in [6.07, 6.45) is 1.19. The zero-order valence-electron chi connectivity index (χ0n) is 40.5. The standard InChI is InChI=1S/C50H64Cl4N6O10S2/c1-59-31-43(41-27-37(51)29-47(53)45(41)33-59)35-5-9-39(10-6-35)71(63,64)57-15-3-19-67-20-4-21-68-22-16-55-49(61)13-14-50(62)56-17-23-69-25-26-70-24-18-58-72(65,66)40-11-7-36(8-12-40)44-32-60(2)34-46-42(44)28-38(52)30-48(46)54/h5-12,27-30,43-44,57-58H,3-4,13-26,31-34H2,1-2H3,(H,55,61)(H,56,62). The molecule has 0 aromatic heterocycles. The van der Waals surface area contributed by atoms with E-state index >= 15 is 0 Å². The molecule has 2 aliphatic heterocycles. The van der Waals surface area contributed by atoms with Crippen LogP contribution in [0, 0.1) is 0 Å². The number of benzene rings is 4. The number of fused-ring (bicyclic) bond motifs is 2. The van der Waals surface area contributed by atoms with E-state index < -0.39 is 20.0 Å². The molecule has 0 radical (unpaired) electrons. The fourth-order valence-electron chi connectivity index (χ4n) is 8.53. The lowest BCUT2D eigenvalue weighted by molar-refractivity contribution is -0.126. The molecule has 0 spiro atoms. The first-order valence-corrected chi connectivity index (χ1v) is 28.3. The average Bonchev–Trinajstić information content (AvgIpc) is 3.34. The van der Waals surface area contributed by atoms with Gasteiger partial charge in [0.15, 0.2) is 0 Å². The number of nitrogens with zero attached hydrogens (tertiary/aromatic N) is 2. The van der Waals surface area contributed by atoms with Gasteiger partial charge in [-0.3, -0.25) is 9.59 Å². The summed E-state index contributed by atoms with van der Waals surface area (Å²) < 4.78 is 79.1. The fourth-order valence-corrected chi connectivity index (χ4v) is 11.8. The highest BCUT2D eigenvalue weighted by Gasteiger charge is 2.29. The van der Waals surface area contributed by atoms with Gasteiger partial charge in [0.25, 0.3) is 0 Å². The average molecular weight is 1120 g/mol. The van der Waals surface area contributed by atoms with Crippen LogP contribution in [0.5, 0.6) is 0 Å². The molecular weight excluding hydrogens is 1050 g/mol. The summed E-state index contributed by atoms with van der Waals surface area (Å²) in [7, 11) is -3.40. The maximum atomic E-state index is 12.9. The Bertz CT molecular complexity index is 2650. The Labute approximate surface area is 443 Å². The summed E-state index contributed by atoms with van der Waals surface area (Å²) in [5, 5.41) is 7.82. The van der Waals surface area contributed by atoms with E-state index in [2.05, 4.69) is 29.9 Å². The third-order valence-corrected chi connectivity index (χ3v) is 16.2. The molecule has 6 rings (SSSR count). The van der Waals surface area contributed by atoms with Gasteiger partial charge in [0.05, 0.1) is 42.8 Å². The van der Waals surface area contributed by atoms with Crippen molar-refractivity contribution >= 4 is 78.3 Å². The van der Waals surface area contributed by atoms with Crippen molar-refractivity contribution in [2.45, 2.75) is 60.4 Å². The summed E-state index contributed by atoms with van der Waals surface area (Å²) in [5.41, 5.74) is 6.11. The van der Waals surface area contributed by atoms with Crippen molar-refractivity contribution in [2.24, 2.45) is 0 Å². The third kappa shape index (κ3) is 17.6. The van der Waals surface area contributed by atoms with Crippen molar-refractivity contribution < 1.29 is 45.4 Å². The highest BCUT2D eigenvalue weighted by Crippen LogP contribution is 2.40. The maximum Gasteiger partial charge on any atom is 0.240 e. The first-order chi connectivity index (χ1) is 34.5. The van der Waals surface area contributed by atoms with Crippen LogP contribution in [0.4, 0.5) is 0 Å². The number of sulfonamides is 2. The quantitative estimate of drug-likeness (QED) is 0.0428. The van der Waals surface area contributed by atoms with E-state index in [4.69, 9.17) is 65.4 Å². The molecule has 72 heavy (non-hydrogen) atoms. The zero-order chi connectivity index (χ0) is 51.7. The van der Waals surface area contributed by atoms with E-state index in [1.54, 1.807) is 36.4 Å². The fraction of sp³-hybridized carbons (Fsp3) is 0.480. The lowest BCUT2D eigenvalue weighted by atomic mass is 9.85. The number of rotatable bonds is 29. The Hall–Kier alpha value is -3.44. The maximum absolute atomic E-state index is 12.9. The van der Waals surface area contributed by atoms with Gasteiger partial charge < -0.3 is 39.4 Å². The topological polar surface area (TPSA) is 194 Å². The van der Waals surface area contributed by atoms with Crippen LogP contribution in [0.25, 0.3) is 0 Å². The van der Waals surface area contributed by atoms with Crippen molar-refractivity contribution in [1.82, 2.24) is 29.9 Å². The van der Waals surface area contributed by atoms with Gasteiger partial charge in [-0.25, -0.2) is 26.3 Å². The smallest absolute Gasteiger partial charge is 0.240 e. The predicted octanol–water partition coefficient (Wildman–Crippen LogP) is 6.57. The number of halogens is 4. The Morgan fingerprint density at radius 1 is 0.528 bits per heavy atom. The summed E-state index contributed by atoms with van der Waals surface area (Å²) in [5.74, 6) is -0.532. The summed E-state index contributed by atoms with van der Waals surface area (Å²) in [6, 6.07) is 21.1. The lowest BCUT2D eigenvalue weighted by Gasteiger charge is -2.33. The highest BCUT2D eigenvalue weighted by molar-refractivity contribution is 7.89. The molecule has 394 valence electrons. The SMILES string of the molecule is CN1Cc2c(Cl)cc(Cl)cc2C(c2ccc(S(=O)(=O)NCCCOCCCOCCNC(=O)CCC(=O)NCCOCCOCCNS(=O)(=O)c3ccc(C4CN(C)Cc5c(Cl)cc(Cl)cc54)cc3)cc2)C1. The van der Waals surface area contributed by atoms with Crippen LogP contribution in [-0.4, -0.2) is 145 Å². The Balaban J connectivity index is 0.710. The molecule has 22 heteroatoms. The summed E-state index contributed by atoms with van der Waals surface area (Å²) >= 11 is 25.6. The molecule has 0 bridgehead atoms. The molecule has 2 aliphatic rings. The molecule has 4 N–H and O–H groups in total. The van der Waals surface area contributed by atoms with Crippen LogP contribution in [-0.2, 0) is 61.7 Å². The predicted molar refractivity (Wildman–Crippen MR) is 280 cm³/mol. The van der Waals surface area contributed by atoms with E-state index in [0.29, 0.717) is 72.4 Å². The van der Waals surface area contributed by atoms with Crippen molar-refractivity contribution in [3.8, 4) is 0 Å². The van der Waals surface area contributed by atoms with Gasteiger partial charge >= 0.3 is 0 Å². The summed E-state index contributed by atoms with van der Waals surface area (Å²) in [4.78, 5) is 29.0. The largest absolute Gasteiger partial charge is 0.381 e. The lowest BCUT2D eigenvalue weighted by Crippen LogP contribution is -2.31. The van der Waals surface area contributed by atoms with Crippen LogP contribution in [0.1, 0.15) is 70.9 Å². The van der Waals surface area contributed by atoms with Crippen molar-refractivity contribution in [2.75, 3.05) is 106 Å². The molecule has 0 saturated carbocycles. The number of carbonyl (C=O) groups excluding carboxylic acids is 2. The van der Waals surface area contributed by atoms with Crippen molar-refractivity contribution in [1.29, 1.82) is 0 Å². The second-order valence-electron chi connectivity index (χ2n) is 17.7. The first kappa shape index (κ1) is 57.8. The van der Waals surface area contributed by atoms with E-state index in [1.165, 1.54) is 0 Å². The molecule has 4 aromatic carbocycles. The number of hydrogen-bond donors (Lipinski definition) is 4. The minimum Gasteiger partial charge on any atom is -0.381 e. The van der Waals surface area contributed by atoms with Crippen LogP contribution >= 0.6 is 46.4 Å². The molecule has 2 atom stereocenters. The Morgan fingerprint density at radius 3 is 1.38 bits per heavy atom. The van der Waals surface area contributed by atoms with Crippen LogP contribution < -0.4 is 20.1 Å². The molecule has 4 aromatic rings. The normalized spacial score (nSPS) is 16.3. The first-order valence-electron chi connectivity index (χ1n) is 23.9. The second kappa shape index (κ2) is 28.5. The van der Waals surface area contributed by atoms with Crippen molar-refractivity contribution in [3.05, 3.63) is 126 Å². The molecule has 0 aliphatic carbocycles. The molecule has 16 nitrogen and oxygen atoms in total. The number of hydrogen-bond acceptors (Lipinski definition) is 12. The minimum atomic E-state index is -3.75. The van der Waals surface area contributed by atoms with Gasteiger partial charge in [-0.1, -0.05) is 70.7 Å². The van der Waals surface area contributed by atoms with Crippen LogP contribution in [0.15, 0.2) is 82.6 Å². The molecule has 2 heterocycles. The van der Waals surface area contributed by atoms with Gasteiger partial charge in [0.2, 0.25) is 31.9 Å². The van der Waals surface area contributed by atoms with Gasteiger partial charge in [-0.2, -0.15) is 0 Å². The second-order valence-corrected chi connectivity index (χ2v) is 22.9. The zero-order valence-corrected chi connectivity index (χ0v) is 45.2. The highest BCUT2D eigenvalue weighted by atomic mass is 35.5.